The molecule has 0 aliphatic carbocycles. The summed E-state index contributed by atoms with van der Waals surface area (Å²) in [5.74, 6) is 0. The fraction of sp³-hybridized carbons (Fsp3) is 0.111. The molecule has 0 saturated heterocycles. The van der Waals surface area contributed by atoms with Gasteiger partial charge in [0.05, 0.1) is 4.90 Å². The summed E-state index contributed by atoms with van der Waals surface area (Å²) in [5.41, 5.74) is 1.55. The van der Waals surface area contributed by atoms with Crippen LogP contribution in [-0.2, 0) is 11.1 Å². The lowest BCUT2D eigenvalue weighted by atomic mass is 10.1. The Morgan fingerprint density at radius 3 is 2.50 bits per heavy atom. The van der Waals surface area contributed by atoms with E-state index in [1.807, 2.05) is 13.0 Å². The van der Waals surface area contributed by atoms with Crippen molar-refractivity contribution in [2.24, 2.45) is 0 Å². The van der Waals surface area contributed by atoms with Gasteiger partial charge >= 0.3 is 0 Å². The topological polar surface area (TPSA) is 37.3 Å². The van der Waals surface area contributed by atoms with Gasteiger partial charge in [0.15, 0.2) is 11.1 Å². The molecule has 0 heterocycles. The van der Waals surface area contributed by atoms with E-state index in [0.29, 0.717) is 4.90 Å². The number of hydrogen-bond acceptors (Lipinski definition) is 1. The third kappa shape index (κ3) is 1.81. The number of rotatable bonds is 2. The quantitative estimate of drug-likeness (QED) is 0.712. The highest BCUT2D eigenvalue weighted by molar-refractivity contribution is 7.79. The van der Waals surface area contributed by atoms with Crippen LogP contribution >= 0.6 is 0 Å². The van der Waals surface area contributed by atoms with Gasteiger partial charge in [-0.1, -0.05) is 24.8 Å². The lowest BCUT2D eigenvalue weighted by Gasteiger charge is -2.03. The van der Waals surface area contributed by atoms with Crippen molar-refractivity contribution in [3.05, 3.63) is 36.4 Å². The van der Waals surface area contributed by atoms with Crippen molar-refractivity contribution in [2.75, 3.05) is 0 Å². The molecule has 2 nitrogen and oxygen atoms in total. The Labute approximate surface area is 74.2 Å². The van der Waals surface area contributed by atoms with E-state index < -0.39 is 11.1 Å². The van der Waals surface area contributed by atoms with Crippen LogP contribution in [0.1, 0.15) is 12.5 Å². The standard InChI is InChI=1S/C9H10O2S/c1-7(2)8-5-3-4-6-9(8)12(10)11/h3-6H,1H2,2H3,(H,10,11). The molecule has 0 aliphatic rings. The minimum Gasteiger partial charge on any atom is -0.302 e. The first-order chi connectivity index (χ1) is 5.63. The average molecular weight is 182 g/mol. The highest BCUT2D eigenvalue weighted by Gasteiger charge is 2.06. The van der Waals surface area contributed by atoms with E-state index in [1.54, 1.807) is 18.2 Å². The van der Waals surface area contributed by atoms with Crippen LogP contribution in [0.4, 0.5) is 0 Å². The van der Waals surface area contributed by atoms with Crippen molar-refractivity contribution < 1.29 is 8.76 Å². The maximum absolute atomic E-state index is 10.8. The van der Waals surface area contributed by atoms with Crippen LogP contribution in [0.25, 0.3) is 5.57 Å². The molecule has 0 fully saturated rings. The SMILES string of the molecule is C=C(C)c1ccccc1S(=O)O. The minimum atomic E-state index is -1.92. The maximum Gasteiger partial charge on any atom is 0.187 e. The first-order valence-electron chi connectivity index (χ1n) is 3.48. The summed E-state index contributed by atoms with van der Waals surface area (Å²) in [6.07, 6.45) is 0. The zero-order chi connectivity index (χ0) is 9.14. The van der Waals surface area contributed by atoms with Crippen molar-refractivity contribution in [2.45, 2.75) is 11.8 Å². The van der Waals surface area contributed by atoms with Gasteiger partial charge in [-0.05, 0) is 24.1 Å². The van der Waals surface area contributed by atoms with Crippen LogP contribution in [0.2, 0.25) is 0 Å². The fourth-order valence-corrected chi connectivity index (χ4v) is 1.60. The summed E-state index contributed by atoms with van der Waals surface area (Å²) in [7, 11) is 0. The van der Waals surface area contributed by atoms with Crippen LogP contribution in [0, 0.1) is 0 Å². The molecule has 1 aromatic carbocycles. The molecule has 1 N–H and O–H groups in total. The lowest BCUT2D eigenvalue weighted by molar-refractivity contribution is 0.564. The Kier molecular flexibility index (Phi) is 2.78. The number of benzene rings is 1. The zero-order valence-corrected chi connectivity index (χ0v) is 7.60. The normalized spacial score (nSPS) is 12.5. The summed E-state index contributed by atoms with van der Waals surface area (Å²) in [6, 6.07) is 6.96. The van der Waals surface area contributed by atoms with Crippen molar-refractivity contribution >= 4 is 16.7 Å². The molecule has 0 amide bonds. The molecule has 0 radical (unpaired) electrons. The molecule has 1 unspecified atom stereocenters. The van der Waals surface area contributed by atoms with E-state index >= 15 is 0 Å². The first-order valence-corrected chi connectivity index (χ1v) is 4.59. The highest BCUT2D eigenvalue weighted by atomic mass is 32.2. The summed E-state index contributed by atoms with van der Waals surface area (Å²) >= 11 is -1.92. The van der Waals surface area contributed by atoms with Gasteiger partial charge in [-0.25, -0.2) is 4.21 Å². The van der Waals surface area contributed by atoms with Gasteiger partial charge in [0.2, 0.25) is 0 Å². The van der Waals surface area contributed by atoms with Gasteiger partial charge in [-0.15, -0.1) is 0 Å². The van der Waals surface area contributed by atoms with Crippen LogP contribution in [0.3, 0.4) is 0 Å². The summed E-state index contributed by atoms with van der Waals surface area (Å²) < 4.78 is 19.7. The molecule has 1 atom stereocenters. The molecule has 64 valence electrons. The van der Waals surface area contributed by atoms with Crippen molar-refractivity contribution in [1.82, 2.24) is 0 Å². The van der Waals surface area contributed by atoms with Gasteiger partial charge in [0.1, 0.15) is 0 Å². The van der Waals surface area contributed by atoms with Gasteiger partial charge in [0.25, 0.3) is 0 Å². The number of hydrogen-bond donors (Lipinski definition) is 1. The predicted octanol–water partition coefficient (Wildman–Crippen LogP) is 2.30. The Hall–Kier alpha value is -0.930. The van der Waals surface area contributed by atoms with Gasteiger partial charge in [-0.3, -0.25) is 0 Å². The molecule has 0 bridgehead atoms. The van der Waals surface area contributed by atoms with E-state index in [0.717, 1.165) is 11.1 Å². The molecule has 0 aliphatic heterocycles. The average Bonchev–Trinajstić information content (AvgIpc) is 2.04. The van der Waals surface area contributed by atoms with E-state index in [1.165, 1.54) is 0 Å². The van der Waals surface area contributed by atoms with Crippen LogP contribution in [0.15, 0.2) is 35.7 Å². The van der Waals surface area contributed by atoms with Crippen LogP contribution in [0.5, 0.6) is 0 Å². The molecular weight excluding hydrogens is 172 g/mol. The van der Waals surface area contributed by atoms with Crippen LogP contribution in [-0.4, -0.2) is 8.76 Å². The van der Waals surface area contributed by atoms with Crippen molar-refractivity contribution in [3.63, 3.8) is 0 Å². The Morgan fingerprint density at radius 1 is 1.50 bits per heavy atom. The molecule has 12 heavy (non-hydrogen) atoms. The first kappa shape index (κ1) is 9.16. The molecule has 1 aromatic rings. The van der Waals surface area contributed by atoms with Gasteiger partial charge < -0.3 is 4.55 Å². The minimum absolute atomic E-state index is 0.421. The second-order valence-corrected chi connectivity index (χ2v) is 3.46. The van der Waals surface area contributed by atoms with Crippen molar-refractivity contribution in [3.8, 4) is 0 Å². The second kappa shape index (κ2) is 3.65. The summed E-state index contributed by atoms with van der Waals surface area (Å²) in [5, 5.41) is 0. The third-order valence-electron chi connectivity index (χ3n) is 1.53. The highest BCUT2D eigenvalue weighted by Crippen LogP contribution is 2.19. The largest absolute Gasteiger partial charge is 0.302 e. The lowest BCUT2D eigenvalue weighted by Crippen LogP contribution is -1.93. The van der Waals surface area contributed by atoms with E-state index in [2.05, 4.69) is 6.58 Å². The smallest absolute Gasteiger partial charge is 0.187 e. The second-order valence-electron chi connectivity index (χ2n) is 2.53. The summed E-state index contributed by atoms with van der Waals surface area (Å²) in [6.45, 7) is 5.53. The molecule has 3 heteroatoms. The zero-order valence-electron chi connectivity index (χ0n) is 6.78. The molecule has 1 rings (SSSR count). The van der Waals surface area contributed by atoms with E-state index in [4.69, 9.17) is 4.55 Å². The van der Waals surface area contributed by atoms with E-state index in [-0.39, 0.29) is 0 Å². The molecule has 0 spiro atoms. The third-order valence-corrected chi connectivity index (χ3v) is 2.27. The molecule has 0 saturated carbocycles. The molecule has 0 aromatic heterocycles. The fourth-order valence-electron chi connectivity index (χ4n) is 0.971. The summed E-state index contributed by atoms with van der Waals surface area (Å²) in [4.78, 5) is 0.421. The van der Waals surface area contributed by atoms with E-state index in [9.17, 15) is 4.21 Å². The Bertz CT molecular complexity index is 298. The Balaban J connectivity index is 3.27. The van der Waals surface area contributed by atoms with Gasteiger partial charge in [0, 0.05) is 0 Å². The predicted molar refractivity (Wildman–Crippen MR) is 50.2 cm³/mol. The maximum atomic E-state index is 10.8. The van der Waals surface area contributed by atoms with Crippen LogP contribution < -0.4 is 0 Å². The molecular formula is C9H10O2S. The Morgan fingerprint density at radius 2 is 2.08 bits per heavy atom. The number of allylic oxidation sites excluding steroid dienone is 1. The van der Waals surface area contributed by atoms with Crippen molar-refractivity contribution in [1.29, 1.82) is 0 Å². The van der Waals surface area contributed by atoms with Gasteiger partial charge in [-0.2, -0.15) is 0 Å². The monoisotopic (exact) mass is 182 g/mol.